The summed E-state index contributed by atoms with van der Waals surface area (Å²) in [7, 11) is 0. The van der Waals surface area contributed by atoms with E-state index in [2.05, 4.69) is 5.29 Å². The molecule has 0 N–H and O–H groups in total. The average molecular weight is 155 g/mol. The second kappa shape index (κ2) is 7.43. The molecule has 0 spiro atoms. The Hall–Kier alpha value is 0.320. The first kappa shape index (κ1) is 12.9. The van der Waals surface area contributed by atoms with Gasteiger partial charge < -0.3 is 5.21 Å². The molecule has 0 atom stereocenters. The zero-order valence-corrected chi connectivity index (χ0v) is 8.57. The Morgan fingerprint density at radius 3 is 1.90 bits per heavy atom. The summed E-state index contributed by atoms with van der Waals surface area (Å²) in [5, 5.41) is 13.8. The Kier molecular flexibility index (Phi) is 9.62. The van der Waals surface area contributed by atoms with Gasteiger partial charge in [-0.25, -0.2) is 5.01 Å². The minimum Gasteiger partial charge on any atom is -0.724 e. The van der Waals surface area contributed by atoms with Crippen LogP contribution < -0.4 is 29.6 Å². The van der Waals surface area contributed by atoms with E-state index in [-0.39, 0.29) is 34.8 Å². The van der Waals surface area contributed by atoms with Crippen molar-refractivity contribution < 1.29 is 29.6 Å². The van der Waals surface area contributed by atoms with Crippen molar-refractivity contribution in [1.29, 1.82) is 0 Å². The molecule has 0 fully saturated rings. The molecule has 0 rings (SSSR count). The molecule has 6 heteroatoms. The van der Waals surface area contributed by atoms with Gasteiger partial charge in [0.25, 0.3) is 0 Å². The van der Waals surface area contributed by atoms with Gasteiger partial charge in [-0.1, -0.05) is 13.8 Å². The predicted octanol–water partition coefficient (Wildman–Crippen LogP) is -2.27. The Labute approximate surface area is 82.2 Å². The van der Waals surface area contributed by atoms with E-state index in [0.717, 1.165) is 0 Å². The van der Waals surface area contributed by atoms with Crippen LogP contribution in [-0.4, -0.2) is 23.4 Å². The molecule has 0 saturated carbocycles. The average Bonchev–Trinajstić information content (AvgIpc) is 1.90. The van der Waals surface area contributed by atoms with Crippen LogP contribution in [0.2, 0.25) is 0 Å². The monoisotopic (exact) mass is 155 g/mol. The smallest absolute Gasteiger partial charge is 0.724 e. The molecule has 0 aromatic heterocycles. The van der Waals surface area contributed by atoms with Crippen LogP contribution in [0.25, 0.3) is 0 Å². The fourth-order valence-electron chi connectivity index (χ4n) is 0.517. The first-order valence-electron chi connectivity index (χ1n) is 2.81. The normalized spacial score (nSPS) is 8.80. The summed E-state index contributed by atoms with van der Waals surface area (Å²) in [6.45, 7) is 4.57. The number of nitrogens with zero attached hydrogens (tertiary/aromatic N) is 3. The van der Waals surface area contributed by atoms with Gasteiger partial charge in [0, 0.05) is 13.1 Å². The molecule has 0 aliphatic carbocycles. The SMILES string of the molecule is CCN(CC)N([O-])N=O.[Na+]. The van der Waals surface area contributed by atoms with Crippen LogP contribution >= 0.6 is 0 Å². The van der Waals surface area contributed by atoms with Gasteiger partial charge in [0.15, 0.2) is 0 Å². The van der Waals surface area contributed by atoms with Crippen molar-refractivity contribution >= 4 is 0 Å². The van der Waals surface area contributed by atoms with E-state index in [1.165, 1.54) is 5.01 Å². The minimum absolute atomic E-state index is 0. The Morgan fingerprint density at radius 1 is 1.40 bits per heavy atom. The molecule has 0 radical (unpaired) electrons. The summed E-state index contributed by atoms with van der Waals surface area (Å²) in [5.74, 6) is 0. The van der Waals surface area contributed by atoms with Crippen molar-refractivity contribution in [1.82, 2.24) is 10.3 Å². The molecule has 10 heavy (non-hydrogen) atoms. The molecular weight excluding hydrogens is 145 g/mol. The third-order valence-corrected chi connectivity index (χ3v) is 1.04. The number of rotatable bonds is 4. The van der Waals surface area contributed by atoms with Gasteiger partial charge in [0.1, 0.15) is 0 Å². The van der Waals surface area contributed by atoms with Gasteiger partial charge >= 0.3 is 29.6 Å². The van der Waals surface area contributed by atoms with Crippen LogP contribution in [0.4, 0.5) is 0 Å². The summed E-state index contributed by atoms with van der Waals surface area (Å²) in [6.07, 6.45) is 0. The van der Waals surface area contributed by atoms with Crippen LogP contribution in [0.15, 0.2) is 5.29 Å². The van der Waals surface area contributed by atoms with E-state index in [1.54, 1.807) is 13.8 Å². The number of hydrogen-bond donors (Lipinski definition) is 0. The number of hydrazine groups is 1. The molecule has 0 aromatic rings. The van der Waals surface area contributed by atoms with Crippen LogP contribution in [0.5, 0.6) is 0 Å². The summed E-state index contributed by atoms with van der Waals surface area (Å²) < 4.78 is 0. The van der Waals surface area contributed by atoms with E-state index in [9.17, 15) is 10.1 Å². The third-order valence-electron chi connectivity index (χ3n) is 1.04. The Balaban J connectivity index is 0. The van der Waals surface area contributed by atoms with Crippen LogP contribution in [0.1, 0.15) is 13.8 Å². The fraction of sp³-hybridized carbons (Fsp3) is 1.00. The van der Waals surface area contributed by atoms with Gasteiger partial charge in [-0.3, -0.25) is 5.28 Å². The van der Waals surface area contributed by atoms with Gasteiger partial charge in [-0.15, -0.1) is 4.91 Å². The van der Waals surface area contributed by atoms with Gasteiger partial charge in [0.05, 0.1) is 5.29 Å². The molecule has 0 bridgehead atoms. The molecular formula is C4H10N3NaO2. The quantitative estimate of drug-likeness (QED) is 0.261. The van der Waals surface area contributed by atoms with E-state index < -0.39 is 0 Å². The molecule has 54 valence electrons. The molecule has 5 nitrogen and oxygen atoms in total. The van der Waals surface area contributed by atoms with Crippen molar-refractivity contribution in [2.75, 3.05) is 13.1 Å². The van der Waals surface area contributed by atoms with E-state index >= 15 is 0 Å². The molecule has 0 aliphatic heterocycles. The maximum absolute atomic E-state index is 10.3. The third kappa shape index (κ3) is 4.19. The van der Waals surface area contributed by atoms with Crippen molar-refractivity contribution in [2.24, 2.45) is 5.29 Å². The van der Waals surface area contributed by atoms with Crippen LogP contribution in [-0.2, 0) is 0 Å². The first-order valence-corrected chi connectivity index (χ1v) is 2.81. The Morgan fingerprint density at radius 2 is 1.80 bits per heavy atom. The van der Waals surface area contributed by atoms with Crippen molar-refractivity contribution in [3.63, 3.8) is 0 Å². The fourth-order valence-corrected chi connectivity index (χ4v) is 0.517. The number of nitroso groups, excluding NO2 is 1. The molecule has 0 amide bonds. The van der Waals surface area contributed by atoms with Crippen molar-refractivity contribution in [3.05, 3.63) is 10.1 Å². The summed E-state index contributed by atoms with van der Waals surface area (Å²) in [5.41, 5.74) is 0. The van der Waals surface area contributed by atoms with Gasteiger partial charge in [-0.2, -0.15) is 0 Å². The summed E-state index contributed by atoms with van der Waals surface area (Å²) in [4.78, 5) is 9.59. The van der Waals surface area contributed by atoms with Crippen molar-refractivity contribution in [3.8, 4) is 0 Å². The maximum Gasteiger partial charge on any atom is 1.00 e. The summed E-state index contributed by atoms with van der Waals surface area (Å²) >= 11 is 0. The van der Waals surface area contributed by atoms with Gasteiger partial charge in [-0.05, 0) is 0 Å². The van der Waals surface area contributed by atoms with Crippen LogP contribution in [0, 0.1) is 10.1 Å². The topological polar surface area (TPSA) is 59.0 Å². The molecule has 0 aromatic carbocycles. The van der Waals surface area contributed by atoms with E-state index in [0.29, 0.717) is 13.1 Å². The zero-order valence-electron chi connectivity index (χ0n) is 6.57. The van der Waals surface area contributed by atoms with Crippen molar-refractivity contribution in [2.45, 2.75) is 13.8 Å². The zero-order chi connectivity index (χ0) is 7.28. The largest absolute Gasteiger partial charge is 1.00 e. The maximum atomic E-state index is 10.3. The molecule has 0 aliphatic rings. The second-order valence-electron chi connectivity index (χ2n) is 1.47. The van der Waals surface area contributed by atoms with E-state index in [1.807, 2.05) is 0 Å². The van der Waals surface area contributed by atoms with E-state index in [4.69, 9.17) is 0 Å². The standard InChI is InChI=1S/C4H10N3O2.Na/c1-3-6(4-2)7(9)5-8;/h3-4H2,1-2H3;/q-1;+1. The predicted molar refractivity (Wildman–Crippen MR) is 33.9 cm³/mol. The van der Waals surface area contributed by atoms with Gasteiger partial charge in [0.2, 0.25) is 0 Å². The molecule has 0 saturated heterocycles. The minimum atomic E-state index is 0. The first-order chi connectivity index (χ1) is 4.26. The molecule has 0 heterocycles. The summed E-state index contributed by atoms with van der Waals surface area (Å²) in [6, 6.07) is 0. The Bertz CT molecular complexity index is 88.6. The molecule has 0 unspecified atom stereocenters. The number of hydrogen-bond acceptors (Lipinski definition) is 4. The second-order valence-corrected chi connectivity index (χ2v) is 1.47. The van der Waals surface area contributed by atoms with Crippen LogP contribution in [0.3, 0.4) is 0 Å².